The molecule has 31 heavy (non-hydrogen) atoms. The monoisotopic (exact) mass is 414 g/mol. The first kappa shape index (κ1) is 20.2. The Labute approximate surface area is 178 Å². The lowest BCUT2D eigenvalue weighted by molar-refractivity contribution is 0.429. The second-order valence-corrected chi connectivity index (χ2v) is 7.13. The standard InChI is InChI=1S/C24H22N4O3/c1-3-18(26-27-19-13-8-11-16-10-5-6-12-17(16)19)21-22(29)25-24(31)28(23(21)30)20-14-7-4-9-15(20)2/h4-14,27,30H,3H2,1-2H3,(H,25,29,31). The van der Waals surface area contributed by atoms with Crippen molar-refractivity contribution in [3.05, 3.63) is 98.7 Å². The second-order valence-electron chi connectivity index (χ2n) is 7.13. The minimum absolute atomic E-state index is 0.0434. The number of aromatic nitrogens is 2. The van der Waals surface area contributed by atoms with Crippen LogP contribution in [0.25, 0.3) is 16.5 Å². The predicted molar refractivity (Wildman–Crippen MR) is 123 cm³/mol. The van der Waals surface area contributed by atoms with Crippen molar-refractivity contribution in [1.82, 2.24) is 9.55 Å². The molecule has 0 atom stereocenters. The number of H-pyrrole nitrogens is 1. The largest absolute Gasteiger partial charge is 0.493 e. The van der Waals surface area contributed by atoms with Gasteiger partial charge in [0.2, 0.25) is 5.88 Å². The van der Waals surface area contributed by atoms with Crippen molar-refractivity contribution in [1.29, 1.82) is 0 Å². The zero-order valence-electron chi connectivity index (χ0n) is 17.2. The van der Waals surface area contributed by atoms with E-state index in [0.717, 1.165) is 26.6 Å². The summed E-state index contributed by atoms with van der Waals surface area (Å²) in [5.74, 6) is -0.441. The van der Waals surface area contributed by atoms with Crippen molar-refractivity contribution in [2.24, 2.45) is 5.10 Å². The van der Waals surface area contributed by atoms with Crippen LogP contribution in [0.1, 0.15) is 24.5 Å². The summed E-state index contributed by atoms with van der Waals surface area (Å²) in [5.41, 5.74) is 3.94. The number of hydrogen-bond acceptors (Lipinski definition) is 5. The molecule has 0 amide bonds. The van der Waals surface area contributed by atoms with Crippen LogP contribution in [-0.2, 0) is 0 Å². The summed E-state index contributed by atoms with van der Waals surface area (Å²) in [6.07, 6.45) is 0.361. The summed E-state index contributed by atoms with van der Waals surface area (Å²) >= 11 is 0. The van der Waals surface area contributed by atoms with E-state index in [1.807, 2.05) is 68.4 Å². The van der Waals surface area contributed by atoms with Crippen LogP contribution in [0, 0.1) is 6.92 Å². The maximum Gasteiger partial charge on any atom is 0.335 e. The van der Waals surface area contributed by atoms with Gasteiger partial charge in [-0.15, -0.1) is 0 Å². The van der Waals surface area contributed by atoms with Crippen molar-refractivity contribution in [2.75, 3.05) is 5.43 Å². The number of benzene rings is 3. The fourth-order valence-electron chi connectivity index (χ4n) is 3.59. The molecule has 0 unspecified atom stereocenters. The Morgan fingerprint density at radius 3 is 2.52 bits per heavy atom. The minimum Gasteiger partial charge on any atom is -0.493 e. The van der Waals surface area contributed by atoms with Gasteiger partial charge in [0.05, 0.1) is 17.1 Å². The molecule has 0 fully saturated rings. The molecule has 0 aliphatic heterocycles. The predicted octanol–water partition coefficient (Wildman–Crippen LogP) is 3.92. The Morgan fingerprint density at radius 1 is 1.03 bits per heavy atom. The minimum atomic E-state index is -0.710. The van der Waals surface area contributed by atoms with Crippen LogP contribution >= 0.6 is 0 Å². The Hall–Kier alpha value is -4.13. The van der Waals surface area contributed by atoms with Crippen molar-refractivity contribution < 1.29 is 5.11 Å². The molecule has 0 saturated heterocycles. The molecule has 0 aliphatic carbocycles. The summed E-state index contributed by atoms with van der Waals surface area (Å²) < 4.78 is 1.09. The zero-order chi connectivity index (χ0) is 22.0. The average molecular weight is 414 g/mol. The van der Waals surface area contributed by atoms with E-state index in [0.29, 0.717) is 17.8 Å². The van der Waals surface area contributed by atoms with Crippen LogP contribution in [0.3, 0.4) is 0 Å². The van der Waals surface area contributed by atoms with E-state index in [2.05, 4.69) is 15.5 Å². The number of nitrogens with zero attached hydrogens (tertiary/aromatic N) is 2. The Balaban J connectivity index is 1.84. The Bertz CT molecular complexity index is 1410. The van der Waals surface area contributed by atoms with Crippen LogP contribution in [-0.4, -0.2) is 20.4 Å². The fourth-order valence-corrected chi connectivity index (χ4v) is 3.59. The number of fused-ring (bicyclic) bond motifs is 1. The number of rotatable bonds is 5. The number of aromatic amines is 1. The number of para-hydroxylation sites is 1. The van der Waals surface area contributed by atoms with Gasteiger partial charge in [0.1, 0.15) is 5.56 Å². The van der Waals surface area contributed by atoms with E-state index >= 15 is 0 Å². The zero-order valence-corrected chi connectivity index (χ0v) is 17.2. The van der Waals surface area contributed by atoms with Gasteiger partial charge >= 0.3 is 5.69 Å². The molecule has 4 aromatic rings. The summed E-state index contributed by atoms with van der Waals surface area (Å²) in [6.45, 7) is 3.65. The van der Waals surface area contributed by atoms with Crippen molar-refractivity contribution in [2.45, 2.75) is 20.3 Å². The first-order chi connectivity index (χ1) is 15.0. The maximum atomic E-state index is 12.6. The van der Waals surface area contributed by atoms with Gasteiger partial charge < -0.3 is 5.11 Å². The fraction of sp³-hybridized carbons (Fsp3) is 0.125. The van der Waals surface area contributed by atoms with E-state index in [9.17, 15) is 14.7 Å². The third-order valence-electron chi connectivity index (χ3n) is 5.17. The quantitative estimate of drug-likeness (QED) is 0.340. The molecule has 156 valence electrons. The maximum absolute atomic E-state index is 12.6. The number of hydrazone groups is 1. The van der Waals surface area contributed by atoms with Gasteiger partial charge in [0, 0.05) is 5.39 Å². The molecule has 7 heteroatoms. The van der Waals surface area contributed by atoms with E-state index in [1.165, 1.54) is 0 Å². The first-order valence-corrected chi connectivity index (χ1v) is 9.96. The lowest BCUT2D eigenvalue weighted by Gasteiger charge is -2.14. The lowest BCUT2D eigenvalue weighted by Crippen LogP contribution is -2.33. The number of aryl methyl sites for hydroxylation is 1. The van der Waals surface area contributed by atoms with Gasteiger partial charge in [-0.1, -0.05) is 61.5 Å². The van der Waals surface area contributed by atoms with Gasteiger partial charge in [0.25, 0.3) is 5.56 Å². The third kappa shape index (κ3) is 3.73. The normalized spacial score (nSPS) is 11.6. The Kier molecular flexibility index (Phi) is 5.41. The molecule has 1 heterocycles. The lowest BCUT2D eigenvalue weighted by atomic mass is 10.1. The summed E-state index contributed by atoms with van der Waals surface area (Å²) in [6, 6.07) is 20.8. The number of hydrogen-bond donors (Lipinski definition) is 3. The van der Waals surface area contributed by atoms with Crippen molar-refractivity contribution >= 4 is 22.2 Å². The molecule has 0 spiro atoms. The van der Waals surface area contributed by atoms with Gasteiger partial charge in [-0.05, 0) is 36.4 Å². The highest BCUT2D eigenvalue weighted by atomic mass is 16.3. The summed E-state index contributed by atoms with van der Waals surface area (Å²) in [5, 5.41) is 17.4. The van der Waals surface area contributed by atoms with Gasteiger partial charge in [0.15, 0.2) is 0 Å². The molecule has 0 bridgehead atoms. The topological polar surface area (TPSA) is 99.5 Å². The molecule has 0 radical (unpaired) electrons. The smallest absolute Gasteiger partial charge is 0.335 e. The van der Waals surface area contributed by atoms with E-state index < -0.39 is 17.1 Å². The average Bonchev–Trinajstić information content (AvgIpc) is 2.77. The van der Waals surface area contributed by atoms with Gasteiger partial charge in [-0.3, -0.25) is 15.2 Å². The molecular weight excluding hydrogens is 392 g/mol. The van der Waals surface area contributed by atoms with Crippen LogP contribution in [0.4, 0.5) is 5.69 Å². The van der Waals surface area contributed by atoms with Crippen LogP contribution < -0.4 is 16.7 Å². The van der Waals surface area contributed by atoms with Gasteiger partial charge in [-0.2, -0.15) is 5.10 Å². The molecule has 7 nitrogen and oxygen atoms in total. The molecule has 3 N–H and O–H groups in total. The van der Waals surface area contributed by atoms with Gasteiger partial charge in [-0.25, -0.2) is 9.36 Å². The summed E-state index contributed by atoms with van der Waals surface area (Å²) in [4.78, 5) is 27.4. The van der Waals surface area contributed by atoms with Crippen molar-refractivity contribution in [3.63, 3.8) is 0 Å². The molecule has 4 rings (SSSR count). The molecule has 3 aromatic carbocycles. The molecule has 0 aliphatic rings. The number of aromatic hydroxyl groups is 1. The third-order valence-corrected chi connectivity index (χ3v) is 5.17. The van der Waals surface area contributed by atoms with Crippen LogP contribution in [0.15, 0.2) is 81.4 Å². The van der Waals surface area contributed by atoms with E-state index in [1.54, 1.807) is 12.1 Å². The van der Waals surface area contributed by atoms with E-state index in [-0.39, 0.29) is 5.56 Å². The highest BCUT2D eigenvalue weighted by molar-refractivity contribution is 6.03. The Morgan fingerprint density at radius 2 is 1.74 bits per heavy atom. The van der Waals surface area contributed by atoms with Crippen LogP contribution in [0.2, 0.25) is 0 Å². The second kappa shape index (κ2) is 8.31. The van der Waals surface area contributed by atoms with Crippen molar-refractivity contribution in [3.8, 4) is 11.6 Å². The van der Waals surface area contributed by atoms with E-state index in [4.69, 9.17) is 0 Å². The number of nitrogens with one attached hydrogen (secondary N) is 2. The first-order valence-electron chi connectivity index (χ1n) is 9.96. The highest BCUT2D eigenvalue weighted by Gasteiger charge is 2.20. The SMILES string of the molecule is CCC(=NNc1cccc2ccccc12)c1c(O)n(-c2ccccc2C)c(=O)[nH]c1=O. The highest BCUT2D eigenvalue weighted by Crippen LogP contribution is 2.24. The van der Waals surface area contributed by atoms with Crippen LogP contribution in [0.5, 0.6) is 5.88 Å². The summed E-state index contributed by atoms with van der Waals surface area (Å²) in [7, 11) is 0. The molecular formula is C24H22N4O3. The molecule has 0 saturated carbocycles. The molecule has 1 aromatic heterocycles. The number of anilines is 1.